The van der Waals surface area contributed by atoms with Crippen molar-refractivity contribution in [1.29, 1.82) is 0 Å². The molecule has 1 rings (SSSR count). The van der Waals surface area contributed by atoms with Crippen LogP contribution in [0.1, 0.15) is 38.2 Å². The summed E-state index contributed by atoms with van der Waals surface area (Å²) in [4.78, 5) is 0. The standard InChI is InChI=1S/C14H20O/c1-3-4-5-6-7-10-13-11-8-9-12-14(13)15-2/h7-12H,3-6H2,1-2H3/b10-7-. The number of para-hydroxylation sites is 1. The molecular weight excluding hydrogens is 184 g/mol. The topological polar surface area (TPSA) is 9.23 Å². The van der Waals surface area contributed by atoms with Crippen molar-refractivity contribution in [3.63, 3.8) is 0 Å². The van der Waals surface area contributed by atoms with Gasteiger partial charge in [-0.25, -0.2) is 0 Å². The maximum Gasteiger partial charge on any atom is 0.126 e. The first-order valence-corrected chi connectivity index (χ1v) is 5.68. The number of methoxy groups -OCH3 is 1. The molecular formula is C14H20O. The highest BCUT2D eigenvalue weighted by Crippen LogP contribution is 2.19. The summed E-state index contributed by atoms with van der Waals surface area (Å²) in [6.07, 6.45) is 9.41. The second-order valence-corrected chi connectivity index (χ2v) is 3.64. The first-order chi connectivity index (χ1) is 7.38. The van der Waals surface area contributed by atoms with Crippen molar-refractivity contribution in [2.24, 2.45) is 0 Å². The zero-order chi connectivity index (χ0) is 10.9. The van der Waals surface area contributed by atoms with Gasteiger partial charge in [0.15, 0.2) is 0 Å². The minimum atomic E-state index is 0.948. The molecule has 1 heteroatoms. The van der Waals surface area contributed by atoms with Gasteiger partial charge in [-0.05, 0) is 18.9 Å². The van der Waals surface area contributed by atoms with E-state index >= 15 is 0 Å². The molecule has 0 unspecified atom stereocenters. The summed E-state index contributed by atoms with van der Waals surface area (Å²) in [5.41, 5.74) is 1.16. The van der Waals surface area contributed by atoms with E-state index in [1.54, 1.807) is 7.11 Å². The van der Waals surface area contributed by atoms with E-state index in [2.05, 4.69) is 25.1 Å². The predicted molar refractivity (Wildman–Crippen MR) is 66.2 cm³/mol. The van der Waals surface area contributed by atoms with Crippen LogP contribution in [0.15, 0.2) is 30.3 Å². The van der Waals surface area contributed by atoms with Crippen molar-refractivity contribution in [2.45, 2.75) is 32.6 Å². The lowest BCUT2D eigenvalue weighted by Gasteiger charge is -2.03. The average molecular weight is 204 g/mol. The van der Waals surface area contributed by atoms with Gasteiger partial charge >= 0.3 is 0 Å². The molecule has 0 spiro atoms. The Labute approximate surface area is 92.8 Å². The van der Waals surface area contributed by atoms with Gasteiger partial charge in [0.2, 0.25) is 0 Å². The zero-order valence-electron chi connectivity index (χ0n) is 9.70. The number of hydrogen-bond donors (Lipinski definition) is 0. The zero-order valence-corrected chi connectivity index (χ0v) is 9.70. The average Bonchev–Trinajstić information content (AvgIpc) is 2.29. The van der Waals surface area contributed by atoms with Crippen LogP contribution in [0, 0.1) is 0 Å². The maximum atomic E-state index is 5.27. The Bertz CT molecular complexity index is 302. The van der Waals surface area contributed by atoms with Crippen LogP contribution >= 0.6 is 0 Å². The number of rotatable bonds is 6. The lowest BCUT2D eigenvalue weighted by atomic mass is 10.1. The van der Waals surface area contributed by atoms with Gasteiger partial charge in [0.05, 0.1) is 7.11 Å². The van der Waals surface area contributed by atoms with Gasteiger partial charge in [-0.3, -0.25) is 0 Å². The molecule has 82 valence electrons. The van der Waals surface area contributed by atoms with E-state index < -0.39 is 0 Å². The molecule has 0 bridgehead atoms. The molecule has 0 aliphatic rings. The van der Waals surface area contributed by atoms with E-state index in [-0.39, 0.29) is 0 Å². The van der Waals surface area contributed by atoms with E-state index in [9.17, 15) is 0 Å². The lowest BCUT2D eigenvalue weighted by molar-refractivity contribution is 0.414. The molecule has 1 nitrogen and oxygen atoms in total. The van der Waals surface area contributed by atoms with Gasteiger partial charge in [0.25, 0.3) is 0 Å². The molecule has 0 heterocycles. The Kier molecular flexibility index (Phi) is 5.60. The number of unbranched alkanes of at least 4 members (excludes halogenated alkanes) is 3. The summed E-state index contributed by atoms with van der Waals surface area (Å²) in [6, 6.07) is 8.10. The van der Waals surface area contributed by atoms with Gasteiger partial charge in [-0.15, -0.1) is 0 Å². The minimum Gasteiger partial charge on any atom is -0.496 e. The fourth-order valence-electron chi connectivity index (χ4n) is 1.53. The summed E-state index contributed by atoms with van der Waals surface area (Å²) >= 11 is 0. The second kappa shape index (κ2) is 7.10. The first-order valence-electron chi connectivity index (χ1n) is 5.68. The molecule has 1 aromatic carbocycles. The Morgan fingerprint density at radius 3 is 2.73 bits per heavy atom. The van der Waals surface area contributed by atoms with Crippen LogP contribution in [-0.2, 0) is 0 Å². The monoisotopic (exact) mass is 204 g/mol. The Morgan fingerprint density at radius 1 is 1.20 bits per heavy atom. The number of hydrogen-bond acceptors (Lipinski definition) is 1. The number of ether oxygens (including phenoxy) is 1. The molecule has 0 aliphatic carbocycles. The fraction of sp³-hybridized carbons (Fsp3) is 0.429. The van der Waals surface area contributed by atoms with E-state index in [0.717, 1.165) is 17.7 Å². The van der Waals surface area contributed by atoms with Gasteiger partial charge in [-0.1, -0.05) is 50.1 Å². The molecule has 0 amide bonds. The highest BCUT2D eigenvalue weighted by molar-refractivity contribution is 5.56. The van der Waals surface area contributed by atoms with Crippen molar-refractivity contribution in [3.8, 4) is 5.75 Å². The van der Waals surface area contributed by atoms with Crippen molar-refractivity contribution >= 4 is 6.08 Å². The van der Waals surface area contributed by atoms with Crippen molar-refractivity contribution < 1.29 is 4.74 Å². The van der Waals surface area contributed by atoms with Crippen LogP contribution in [0.25, 0.3) is 6.08 Å². The molecule has 1 aromatic rings. The molecule has 0 N–H and O–H groups in total. The van der Waals surface area contributed by atoms with Crippen LogP contribution in [0.4, 0.5) is 0 Å². The van der Waals surface area contributed by atoms with Gasteiger partial charge in [-0.2, -0.15) is 0 Å². The van der Waals surface area contributed by atoms with Crippen molar-refractivity contribution in [3.05, 3.63) is 35.9 Å². The van der Waals surface area contributed by atoms with Crippen molar-refractivity contribution in [1.82, 2.24) is 0 Å². The SMILES string of the molecule is CCCCC/C=C\c1ccccc1OC. The van der Waals surface area contributed by atoms with Gasteiger partial charge in [0.1, 0.15) is 5.75 Å². The Balaban J connectivity index is 2.48. The van der Waals surface area contributed by atoms with Crippen LogP contribution in [0.3, 0.4) is 0 Å². The van der Waals surface area contributed by atoms with E-state index in [0.29, 0.717) is 0 Å². The lowest BCUT2D eigenvalue weighted by Crippen LogP contribution is -1.85. The van der Waals surface area contributed by atoms with Crippen LogP contribution < -0.4 is 4.74 Å². The quantitative estimate of drug-likeness (QED) is 0.628. The largest absolute Gasteiger partial charge is 0.496 e. The van der Waals surface area contributed by atoms with E-state index in [1.165, 1.54) is 19.3 Å². The smallest absolute Gasteiger partial charge is 0.126 e. The van der Waals surface area contributed by atoms with Crippen LogP contribution in [0.5, 0.6) is 5.75 Å². The Morgan fingerprint density at radius 2 is 2.00 bits per heavy atom. The second-order valence-electron chi connectivity index (χ2n) is 3.64. The highest BCUT2D eigenvalue weighted by atomic mass is 16.5. The summed E-state index contributed by atoms with van der Waals surface area (Å²) in [5, 5.41) is 0. The highest BCUT2D eigenvalue weighted by Gasteiger charge is 1.95. The van der Waals surface area contributed by atoms with Crippen LogP contribution in [0.2, 0.25) is 0 Å². The number of benzene rings is 1. The minimum absolute atomic E-state index is 0.948. The number of allylic oxidation sites excluding steroid dienone is 1. The van der Waals surface area contributed by atoms with Gasteiger partial charge in [0, 0.05) is 5.56 Å². The molecule has 0 saturated heterocycles. The third-order valence-corrected chi connectivity index (χ3v) is 2.41. The molecule has 15 heavy (non-hydrogen) atoms. The van der Waals surface area contributed by atoms with Gasteiger partial charge < -0.3 is 4.74 Å². The summed E-state index contributed by atoms with van der Waals surface area (Å²) in [7, 11) is 1.71. The third kappa shape index (κ3) is 4.20. The van der Waals surface area contributed by atoms with Crippen LogP contribution in [-0.4, -0.2) is 7.11 Å². The maximum absolute atomic E-state index is 5.27. The molecule has 0 radical (unpaired) electrons. The van der Waals surface area contributed by atoms with Crippen molar-refractivity contribution in [2.75, 3.05) is 7.11 Å². The Hall–Kier alpha value is -1.24. The predicted octanol–water partition coefficient (Wildman–Crippen LogP) is 4.29. The molecule has 0 fully saturated rings. The molecule has 0 aliphatic heterocycles. The summed E-state index contributed by atoms with van der Waals surface area (Å²) in [5.74, 6) is 0.948. The van der Waals surface area contributed by atoms with E-state index in [4.69, 9.17) is 4.74 Å². The first kappa shape index (κ1) is 11.8. The normalized spacial score (nSPS) is 10.8. The fourth-order valence-corrected chi connectivity index (χ4v) is 1.53. The molecule has 0 atom stereocenters. The van der Waals surface area contributed by atoms with E-state index in [1.807, 2.05) is 18.2 Å². The third-order valence-electron chi connectivity index (χ3n) is 2.41. The molecule has 0 aromatic heterocycles. The molecule has 0 saturated carbocycles. The summed E-state index contributed by atoms with van der Waals surface area (Å²) < 4.78 is 5.27. The summed E-state index contributed by atoms with van der Waals surface area (Å²) in [6.45, 7) is 2.23.